The number of alkyl halides is 3. The Labute approximate surface area is 280 Å². The van der Waals surface area contributed by atoms with E-state index in [9.17, 15) is 9.59 Å². The second-order valence-electron chi connectivity index (χ2n) is 10.7. The first kappa shape index (κ1) is 36.5. The van der Waals surface area contributed by atoms with E-state index in [0.29, 0.717) is 43.5 Å². The van der Waals surface area contributed by atoms with Gasteiger partial charge >= 0.3 is 11.9 Å². The molecule has 0 aliphatic heterocycles. The number of aromatic nitrogens is 4. The number of imidazole rings is 2. The third-order valence-corrected chi connectivity index (χ3v) is 8.15. The van der Waals surface area contributed by atoms with E-state index in [-0.39, 0.29) is 12.4 Å². The monoisotopic (exact) mass is 679 g/mol. The highest BCUT2D eigenvalue weighted by atomic mass is 35.5. The molecule has 0 amide bonds. The summed E-state index contributed by atoms with van der Waals surface area (Å²) in [6.07, 6.45) is 5.31. The van der Waals surface area contributed by atoms with E-state index < -0.39 is 5.97 Å². The molecule has 0 spiro atoms. The molecule has 9 nitrogen and oxygen atoms in total. The van der Waals surface area contributed by atoms with Gasteiger partial charge in [-0.2, -0.15) is 0 Å². The lowest BCUT2D eigenvalue weighted by molar-refractivity contribution is -0.143. The number of esters is 1. The fourth-order valence-corrected chi connectivity index (χ4v) is 5.74. The number of carboxylic acid groups (broad SMARTS) is 1. The number of ether oxygens (including phenoxy) is 1. The van der Waals surface area contributed by atoms with Crippen molar-refractivity contribution >= 4 is 74.5 Å². The zero-order valence-electron chi connectivity index (χ0n) is 26.4. The summed E-state index contributed by atoms with van der Waals surface area (Å²) in [5.74, 6) is 2.77. The average molecular weight is 681 g/mol. The van der Waals surface area contributed by atoms with E-state index in [0.717, 1.165) is 78.2 Å². The number of rotatable bonds is 17. The number of benzene rings is 2. The summed E-state index contributed by atoms with van der Waals surface area (Å²) in [6, 6.07) is 12.5. The topological polar surface area (TPSA) is 102 Å². The summed E-state index contributed by atoms with van der Waals surface area (Å²) in [7, 11) is 3.98. The first-order chi connectivity index (χ1) is 21.7. The van der Waals surface area contributed by atoms with E-state index in [4.69, 9.17) is 49.6 Å². The van der Waals surface area contributed by atoms with Crippen molar-refractivity contribution in [1.29, 1.82) is 0 Å². The third kappa shape index (κ3) is 10.8. The van der Waals surface area contributed by atoms with E-state index in [1.54, 1.807) is 0 Å². The Hall–Kier alpha value is -3.01. The molecule has 0 bridgehead atoms. The first-order valence-corrected chi connectivity index (χ1v) is 17.0. The summed E-state index contributed by atoms with van der Waals surface area (Å²) in [6.45, 7) is 3.74. The van der Waals surface area contributed by atoms with Gasteiger partial charge in [-0.05, 0) is 68.5 Å². The second kappa shape index (κ2) is 18.8. The van der Waals surface area contributed by atoms with Crippen molar-refractivity contribution in [3.05, 3.63) is 53.6 Å². The van der Waals surface area contributed by atoms with Crippen molar-refractivity contribution in [2.75, 3.05) is 42.2 Å². The molecule has 0 saturated heterocycles. The number of hydrogen-bond donors (Lipinski definition) is 1. The maximum atomic E-state index is 11.5. The summed E-state index contributed by atoms with van der Waals surface area (Å²) in [4.78, 5) is 33.5. The van der Waals surface area contributed by atoms with Crippen molar-refractivity contribution in [2.24, 2.45) is 14.1 Å². The van der Waals surface area contributed by atoms with Gasteiger partial charge in [0.1, 0.15) is 11.6 Å². The fraction of sp³-hybridized carbons (Fsp3) is 0.515. The van der Waals surface area contributed by atoms with Gasteiger partial charge in [0.05, 0.1) is 28.7 Å². The van der Waals surface area contributed by atoms with Gasteiger partial charge in [-0.1, -0.05) is 6.07 Å². The van der Waals surface area contributed by atoms with E-state index in [2.05, 4.69) is 50.8 Å². The quantitative estimate of drug-likeness (QED) is 0.0957. The van der Waals surface area contributed by atoms with Crippen LogP contribution in [-0.2, 0) is 47.7 Å². The number of aliphatic carboxylic acids is 1. The zero-order chi connectivity index (χ0) is 32.8. The van der Waals surface area contributed by atoms with Crippen LogP contribution in [0.25, 0.3) is 22.1 Å². The van der Waals surface area contributed by atoms with Crippen molar-refractivity contribution in [3.8, 4) is 0 Å². The van der Waals surface area contributed by atoms with Crippen LogP contribution in [0.2, 0.25) is 0 Å². The van der Waals surface area contributed by atoms with Crippen LogP contribution in [0.4, 0.5) is 5.69 Å². The Morgan fingerprint density at radius 2 is 1.38 bits per heavy atom. The molecule has 0 unspecified atom stereocenters. The lowest BCUT2D eigenvalue weighted by Gasteiger charge is -2.22. The average Bonchev–Trinajstić information content (AvgIpc) is 3.50. The molecule has 12 heteroatoms. The molecule has 4 aromatic rings. The first-order valence-electron chi connectivity index (χ1n) is 15.4. The van der Waals surface area contributed by atoms with E-state index in [1.807, 2.05) is 25.6 Å². The van der Waals surface area contributed by atoms with Crippen LogP contribution < -0.4 is 4.90 Å². The number of halogens is 3. The van der Waals surface area contributed by atoms with Crippen LogP contribution in [-0.4, -0.2) is 73.5 Å². The molecule has 0 atom stereocenters. The minimum absolute atomic E-state index is 0.152. The molecule has 246 valence electrons. The van der Waals surface area contributed by atoms with Crippen LogP contribution in [0.5, 0.6) is 0 Å². The minimum atomic E-state index is -0.757. The summed E-state index contributed by atoms with van der Waals surface area (Å²) < 4.78 is 9.09. The number of carboxylic acids is 1. The minimum Gasteiger partial charge on any atom is -0.481 e. The Bertz CT molecular complexity index is 1530. The van der Waals surface area contributed by atoms with Gasteiger partial charge in [-0.25, -0.2) is 9.97 Å². The van der Waals surface area contributed by atoms with Crippen molar-refractivity contribution in [3.63, 3.8) is 0 Å². The fourth-order valence-electron chi connectivity index (χ4n) is 5.20. The third-order valence-electron chi connectivity index (χ3n) is 7.55. The lowest BCUT2D eigenvalue weighted by atomic mass is 10.1. The van der Waals surface area contributed by atoms with Gasteiger partial charge in [0.25, 0.3) is 0 Å². The van der Waals surface area contributed by atoms with Crippen LogP contribution in [0.1, 0.15) is 56.2 Å². The number of anilines is 1. The molecule has 45 heavy (non-hydrogen) atoms. The number of nitrogens with zero attached hydrogens (tertiary/aromatic N) is 5. The molecule has 0 fully saturated rings. The van der Waals surface area contributed by atoms with E-state index in [1.165, 1.54) is 5.56 Å². The highest BCUT2D eigenvalue weighted by Crippen LogP contribution is 2.24. The van der Waals surface area contributed by atoms with Crippen LogP contribution in [0.3, 0.4) is 0 Å². The molecule has 0 aliphatic rings. The van der Waals surface area contributed by atoms with Crippen molar-refractivity contribution < 1.29 is 19.4 Å². The molecule has 2 aromatic carbocycles. The number of aryl methyl sites for hydroxylation is 5. The summed E-state index contributed by atoms with van der Waals surface area (Å²) in [5, 5.41) is 8.68. The Morgan fingerprint density at radius 1 is 0.800 bits per heavy atom. The molecule has 4 rings (SSSR count). The molecule has 1 N–H and O–H groups in total. The normalized spacial score (nSPS) is 11.1. The van der Waals surface area contributed by atoms with Crippen LogP contribution >= 0.6 is 34.8 Å². The van der Waals surface area contributed by atoms with Gasteiger partial charge < -0.3 is 23.9 Å². The standard InChI is InChI=1S/C18H25Cl2N3O2.C15H19ClN2O2/c1-3-25-18(24)6-4-5-17-21-15-13-14(7-8-16(15)22(17)2)23(11-9-19)12-10-20;1-18-13-8-7-11(4-3-9-16)10-12(13)17-14(18)5-2-6-15(19)20/h7-8,13H,3-6,9-12H2,1-2H3;7-8,10H,2-6,9H2,1H3,(H,19,20). The molecule has 2 heterocycles. The maximum Gasteiger partial charge on any atom is 0.305 e. The van der Waals surface area contributed by atoms with Crippen molar-refractivity contribution in [1.82, 2.24) is 19.1 Å². The molecular formula is C33H44Cl3N5O4. The molecule has 0 radical (unpaired) electrons. The highest BCUT2D eigenvalue weighted by Gasteiger charge is 2.13. The molecule has 0 aliphatic carbocycles. The number of fused-ring (bicyclic) bond motifs is 2. The van der Waals surface area contributed by atoms with Gasteiger partial charge in [-0.3, -0.25) is 9.59 Å². The van der Waals surface area contributed by atoms with Gasteiger partial charge in [0.2, 0.25) is 0 Å². The Balaban J connectivity index is 0.000000251. The predicted octanol–water partition coefficient (Wildman–Crippen LogP) is 6.90. The predicted molar refractivity (Wildman–Crippen MR) is 184 cm³/mol. The molecule has 2 aromatic heterocycles. The smallest absolute Gasteiger partial charge is 0.305 e. The van der Waals surface area contributed by atoms with Crippen LogP contribution in [0.15, 0.2) is 36.4 Å². The summed E-state index contributed by atoms with van der Waals surface area (Å²) in [5.41, 5.74) is 6.40. The van der Waals surface area contributed by atoms with Gasteiger partial charge in [0.15, 0.2) is 0 Å². The number of carbonyl (C=O) groups is 2. The molecule has 0 saturated carbocycles. The zero-order valence-corrected chi connectivity index (χ0v) is 28.7. The van der Waals surface area contributed by atoms with Gasteiger partial charge in [0, 0.05) is 76.2 Å². The molecular weight excluding hydrogens is 637 g/mol. The second-order valence-corrected chi connectivity index (χ2v) is 11.9. The summed E-state index contributed by atoms with van der Waals surface area (Å²) >= 11 is 17.5. The van der Waals surface area contributed by atoms with Crippen molar-refractivity contribution in [2.45, 2.75) is 58.3 Å². The number of carbonyl (C=O) groups excluding carboxylic acids is 1. The van der Waals surface area contributed by atoms with Gasteiger partial charge in [-0.15, -0.1) is 34.8 Å². The Kier molecular flexibility index (Phi) is 15.3. The maximum absolute atomic E-state index is 11.5. The lowest BCUT2D eigenvalue weighted by Crippen LogP contribution is -2.27. The largest absolute Gasteiger partial charge is 0.481 e. The SMILES string of the molecule is CCOC(=O)CCCc1nc2cc(N(CCCl)CCCl)ccc2n1C.Cn1c(CCCC(=O)O)nc2cc(CCCCl)ccc21. The van der Waals surface area contributed by atoms with Crippen LogP contribution in [0, 0.1) is 0 Å². The van der Waals surface area contributed by atoms with E-state index >= 15 is 0 Å². The Morgan fingerprint density at radius 3 is 1.93 bits per heavy atom. The highest BCUT2D eigenvalue weighted by molar-refractivity contribution is 6.18. The number of hydrogen-bond acceptors (Lipinski definition) is 6.